The summed E-state index contributed by atoms with van der Waals surface area (Å²) in [5, 5.41) is 0. The molecule has 1 fully saturated rings. The van der Waals surface area contributed by atoms with Crippen molar-refractivity contribution < 1.29 is 9.53 Å². The second kappa shape index (κ2) is 7.42. The summed E-state index contributed by atoms with van der Waals surface area (Å²) in [7, 11) is 0. The van der Waals surface area contributed by atoms with Gasteiger partial charge in [0.25, 0.3) is 0 Å². The van der Waals surface area contributed by atoms with Gasteiger partial charge in [-0.2, -0.15) is 0 Å². The number of unbranched alkanes of at least 4 members (excludes halogenated alkanes) is 3. The smallest absolute Gasteiger partial charge is 0.334 e. The predicted octanol–water partition coefficient (Wildman–Crippen LogP) is 5.65. The van der Waals surface area contributed by atoms with Crippen molar-refractivity contribution in [2.75, 3.05) is 6.61 Å². The summed E-state index contributed by atoms with van der Waals surface area (Å²) in [6, 6.07) is 10.5. The third kappa shape index (κ3) is 2.74. The largest absolute Gasteiger partial charge is 0.463 e. The average Bonchev–Trinajstić information content (AvgIpc) is 3.12. The molecule has 1 aromatic carbocycles. The second-order valence-electron chi connectivity index (χ2n) is 8.02. The number of ether oxygens (including phenoxy) is 1. The molecule has 1 aromatic rings. The molecule has 0 heterocycles. The monoisotopic (exact) mass is 350 g/mol. The highest BCUT2D eigenvalue weighted by atomic mass is 16.5. The summed E-state index contributed by atoms with van der Waals surface area (Å²) < 4.78 is 5.44. The van der Waals surface area contributed by atoms with Crippen LogP contribution < -0.4 is 0 Å². The highest BCUT2D eigenvalue weighted by Gasteiger charge is 2.61. The molecule has 26 heavy (non-hydrogen) atoms. The van der Waals surface area contributed by atoms with Gasteiger partial charge in [0.05, 0.1) is 6.61 Å². The fourth-order valence-corrected chi connectivity index (χ4v) is 5.67. The molecule has 0 N–H and O–H groups in total. The molecule has 0 saturated heterocycles. The Labute approximate surface area is 157 Å². The molecule has 0 unspecified atom stereocenters. The first-order valence-electron chi connectivity index (χ1n) is 10.4. The molecule has 0 aliphatic heterocycles. The molecule has 3 aliphatic rings. The first-order valence-corrected chi connectivity index (χ1v) is 10.4. The van der Waals surface area contributed by atoms with Crippen LogP contribution in [0.25, 0.3) is 5.57 Å². The van der Waals surface area contributed by atoms with Crippen molar-refractivity contribution in [3.05, 3.63) is 53.6 Å². The molecule has 138 valence electrons. The fraction of sp³-hybridized carbons (Fsp3) is 0.542. The van der Waals surface area contributed by atoms with E-state index in [-0.39, 0.29) is 5.97 Å². The number of benzene rings is 1. The van der Waals surface area contributed by atoms with Crippen molar-refractivity contribution in [1.82, 2.24) is 0 Å². The Balaban J connectivity index is 1.59. The van der Waals surface area contributed by atoms with E-state index in [2.05, 4.69) is 43.3 Å². The van der Waals surface area contributed by atoms with Gasteiger partial charge in [0, 0.05) is 11.5 Å². The number of rotatable bonds is 8. The molecule has 2 nitrogen and oxygen atoms in total. The Morgan fingerprint density at radius 2 is 1.69 bits per heavy atom. The Morgan fingerprint density at radius 1 is 0.962 bits per heavy atom. The van der Waals surface area contributed by atoms with Gasteiger partial charge in [0.1, 0.15) is 0 Å². The number of hydrogen-bond donors (Lipinski definition) is 0. The number of allylic oxidation sites excluding steroid dienone is 3. The Morgan fingerprint density at radius 3 is 2.38 bits per heavy atom. The van der Waals surface area contributed by atoms with E-state index in [1.807, 2.05) is 13.0 Å². The van der Waals surface area contributed by atoms with E-state index in [1.54, 1.807) is 0 Å². The van der Waals surface area contributed by atoms with E-state index in [0.29, 0.717) is 36.2 Å². The third-order valence-electron chi connectivity index (χ3n) is 6.69. The zero-order valence-electron chi connectivity index (χ0n) is 16.0. The number of carbonyl (C=O) groups is 1. The highest BCUT2D eigenvalue weighted by molar-refractivity contribution is 6.03. The fourth-order valence-electron chi connectivity index (χ4n) is 5.67. The van der Waals surface area contributed by atoms with Gasteiger partial charge in [0.15, 0.2) is 0 Å². The summed E-state index contributed by atoms with van der Waals surface area (Å²) in [4.78, 5) is 12.7. The lowest BCUT2D eigenvalue weighted by molar-refractivity contribution is -0.139. The summed E-state index contributed by atoms with van der Waals surface area (Å²) in [6.45, 7) is 4.61. The van der Waals surface area contributed by atoms with E-state index in [4.69, 9.17) is 4.74 Å². The first kappa shape index (κ1) is 17.6. The Kier molecular flexibility index (Phi) is 5.02. The van der Waals surface area contributed by atoms with Crippen molar-refractivity contribution in [2.24, 2.45) is 29.6 Å². The molecule has 0 amide bonds. The number of hydrogen-bond acceptors (Lipinski definition) is 2. The second-order valence-corrected chi connectivity index (χ2v) is 8.02. The number of carbonyl (C=O) groups excluding carboxylic acids is 1. The summed E-state index contributed by atoms with van der Waals surface area (Å²) in [5.41, 5.74) is 3.45. The lowest BCUT2D eigenvalue weighted by atomic mass is 9.61. The average molecular weight is 351 g/mol. The van der Waals surface area contributed by atoms with Gasteiger partial charge in [-0.1, -0.05) is 75.1 Å². The van der Waals surface area contributed by atoms with Crippen LogP contribution in [0.15, 0.2) is 48.1 Å². The maximum absolute atomic E-state index is 12.7. The molecular formula is C24H30O2. The molecule has 4 rings (SSSR count). The van der Waals surface area contributed by atoms with E-state index in [1.165, 1.54) is 43.2 Å². The van der Waals surface area contributed by atoms with Crippen LogP contribution in [0, 0.1) is 29.6 Å². The van der Waals surface area contributed by atoms with Crippen molar-refractivity contribution >= 4 is 11.5 Å². The minimum absolute atomic E-state index is 0.0849. The minimum atomic E-state index is -0.0849. The molecule has 0 spiro atoms. The van der Waals surface area contributed by atoms with Crippen LogP contribution >= 0.6 is 0 Å². The highest BCUT2D eigenvalue weighted by Crippen LogP contribution is 2.66. The quantitative estimate of drug-likeness (QED) is 0.344. The van der Waals surface area contributed by atoms with Gasteiger partial charge in [-0.3, -0.25) is 0 Å². The molecular weight excluding hydrogens is 320 g/mol. The molecule has 2 bridgehead atoms. The van der Waals surface area contributed by atoms with Crippen LogP contribution in [0.2, 0.25) is 0 Å². The Hall–Kier alpha value is -1.83. The Bertz CT molecular complexity index is 715. The van der Waals surface area contributed by atoms with E-state index < -0.39 is 0 Å². The van der Waals surface area contributed by atoms with Gasteiger partial charge < -0.3 is 4.74 Å². The van der Waals surface area contributed by atoms with Crippen molar-refractivity contribution in [3.8, 4) is 0 Å². The van der Waals surface area contributed by atoms with E-state index in [0.717, 1.165) is 5.57 Å². The normalized spacial score (nSPS) is 31.1. The third-order valence-corrected chi connectivity index (χ3v) is 6.69. The molecule has 1 saturated carbocycles. The van der Waals surface area contributed by atoms with Crippen LogP contribution in [-0.2, 0) is 9.53 Å². The zero-order valence-corrected chi connectivity index (χ0v) is 16.0. The standard InChI is InChI=1S/C24H30O2/c1-3-5-6-10-13-17-18-14-15-19(17)22-21(18)20(16-11-8-7-9-12-16)23(22)24(25)26-4-2/h7-9,11-12,14-15,17-19,21-22H,3-6,10,13H2,1-2H3/t17-,18-,19+,21-,22-/m0/s1. The summed E-state index contributed by atoms with van der Waals surface area (Å²) >= 11 is 0. The molecule has 3 aliphatic carbocycles. The molecule has 0 aromatic heterocycles. The van der Waals surface area contributed by atoms with Crippen molar-refractivity contribution in [1.29, 1.82) is 0 Å². The topological polar surface area (TPSA) is 26.3 Å². The maximum Gasteiger partial charge on any atom is 0.334 e. The van der Waals surface area contributed by atoms with Gasteiger partial charge >= 0.3 is 5.97 Å². The summed E-state index contributed by atoms with van der Waals surface area (Å²) in [6.07, 6.45) is 11.4. The minimum Gasteiger partial charge on any atom is -0.463 e. The molecule has 0 radical (unpaired) electrons. The molecule has 5 atom stereocenters. The maximum atomic E-state index is 12.7. The van der Waals surface area contributed by atoms with Crippen LogP contribution in [0.4, 0.5) is 0 Å². The van der Waals surface area contributed by atoms with Gasteiger partial charge in [0.2, 0.25) is 0 Å². The lowest BCUT2D eigenvalue weighted by Crippen LogP contribution is -2.37. The van der Waals surface area contributed by atoms with Gasteiger partial charge in [-0.05, 0) is 48.2 Å². The van der Waals surface area contributed by atoms with E-state index in [9.17, 15) is 4.79 Å². The molecule has 2 heteroatoms. The van der Waals surface area contributed by atoms with Crippen molar-refractivity contribution in [2.45, 2.75) is 46.0 Å². The van der Waals surface area contributed by atoms with Crippen LogP contribution in [0.3, 0.4) is 0 Å². The number of fused-ring (bicyclic) bond motifs is 5. The van der Waals surface area contributed by atoms with Crippen LogP contribution in [-0.4, -0.2) is 12.6 Å². The van der Waals surface area contributed by atoms with Gasteiger partial charge in [-0.25, -0.2) is 4.79 Å². The predicted molar refractivity (Wildman–Crippen MR) is 105 cm³/mol. The zero-order chi connectivity index (χ0) is 18.1. The van der Waals surface area contributed by atoms with Crippen LogP contribution in [0.5, 0.6) is 0 Å². The van der Waals surface area contributed by atoms with Crippen LogP contribution in [0.1, 0.15) is 51.5 Å². The SMILES string of the molecule is CCCCCC[C@@H]1[C@H]2C=C[C@@H]1[C@H]1C(c3ccccc3)=C(C(=O)OCC)[C@@H]21. The lowest BCUT2D eigenvalue weighted by Gasteiger charge is -2.42. The summed E-state index contributed by atoms with van der Waals surface area (Å²) in [5.74, 6) is 2.68. The van der Waals surface area contributed by atoms with Gasteiger partial charge in [-0.15, -0.1) is 0 Å². The van der Waals surface area contributed by atoms with Crippen molar-refractivity contribution in [3.63, 3.8) is 0 Å². The first-order chi connectivity index (χ1) is 12.8. The van der Waals surface area contributed by atoms with E-state index >= 15 is 0 Å². The number of esters is 1.